The molecule has 2 aromatic heterocycles. The average Bonchev–Trinajstić information content (AvgIpc) is 2.58. The molecule has 1 aliphatic rings. The number of aryl methyl sites for hydroxylation is 1. The number of hydrogen-bond acceptors (Lipinski definition) is 6. The Bertz CT molecular complexity index is 934. The number of rotatable bonds is 2. The minimum Gasteiger partial charge on any atom is -0.381 e. The zero-order valence-corrected chi connectivity index (χ0v) is 16.0. The van der Waals surface area contributed by atoms with Crippen LogP contribution in [0.2, 0.25) is 0 Å². The van der Waals surface area contributed by atoms with Gasteiger partial charge in [-0.1, -0.05) is 0 Å². The normalized spacial score (nSPS) is 15.7. The molecule has 9 nitrogen and oxygen atoms in total. The lowest BCUT2D eigenvalue weighted by Gasteiger charge is -2.31. The zero-order chi connectivity index (χ0) is 17.5. The zero-order valence-electron chi connectivity index (χ0n) is 14.4. The van der Waals surface area contributed by atoms with E-state index in [4.69, 9.17) is 10.5 Å². The number of amides is 1. The van der Waals surface area contributed by atoms with E-state index in [1.165, 1.54) is 30.9 Å². The van der Waals surface area contributed by atoms with Crippen molar-refractivity contribution in [3.05, 3.63) is 33.1 Å². The molecule has 2 aromatic rings. The first kappa shape index (κ1) is 22.1. The van der Waals surface area contributed by atoms with Gasteiger partial charge in [0.1, 0.15) is 11.2 Å². The second-order valence-electron chi connectivity index (χ2n) is 6.02. The number of carbonyl (C=O) groups excluding carboxylic acids is 1. The van der Waals surface area contributed by atoms with Crippen LogP contribution in [-0.2, 0) is 23.6 Å². The van der Waals surface area contributed by atoms with Gasteiger partial charge in [-0.25, -0.2) is 9.78 Å². The summed E-state index contributed by atoms with van der Waals surface area (Å²) in [4.78, 5) is 40.7. The molecular formula is C15H21Cl2N5O4. The third kappa shape index (κ3) is 3.75. The number of aromatic nitrogens is 3. The van der Waals surface area contributed by atoms with Gasteiger partial charge in [0.2, 0.25) is 5.91 Å². The number of halogens is 2. The standard InChI is InChI=1S/C15H19N5O4.2ClH/c1-19-11-10(12(21)20(2)14(19)23)7-9(8-17-11)18-13(22)15(16)3-5-24-6-4-15;;/h7-8H,3-6,16H2,1-2H3,(H,18,22);2*1H. The highest BCUT2D eigenvalue weighted by Gasteiger charge is 2.36. The second-order valence-corrected chi connectivity index (χ2v) is 6.02. The number of fused-ring (bicyclic) bond motifs is 1. The van der Waals surface area contributed by atoms with E-state index >= 15 is 0 Å². The second kappa shape index (κ2) is 8.17. The van der Waals surface area contributed by atoms with Crippen LogP contribution < -0.4 is 22.3 Å². The predicted octanol–water partition coefficient (Wildman–Crippen LogP) is -0.0778. The average molecular weight is 406 g/mol. The summed E-state index contributed by atoms with van der Waals surface area (Å²) >= 11 is 0. The summed E-state index contributed by atoms with van der Waals surface area (Å²) in [6, 6.07) is 1.50. The van der Waals surface area contributed by atoms with E-state index in [9.17, 15) is 14.4 Å². The molecule has 0 bridgehead atoms. The van der Waals surface area contributed by atoms with Crippen molar-refractivity contribution in [1.82, 2.24) is 14.1 Å². The lowest BCUT2D eigenvalue weighted by molar-refractivity contribution is -0.124. The first-order valence-electron chi connectivity index (χ1n) is 7.57. The Balaban J connectivity index is 0.00000169. The third-order valence-corrected chi connectivity index (χ3v) is 4.39. The fourth-order valence-corrected chi connectivity index (χ4v) is 2.75. The Hall–Kier alpha value is -1.94. The first-order valence-corrected chi connectivity index (χ1v) is 7.57. The maximum absolute atomic E-state index is 12.4. The van der Waals surface area contributed by atoms with Crippen molar-refractivity contribution in [2.75, 3.05) is 18.5 Å². The van der Waals surface area contributed by atoms with Gasteiger partial charge in [0.05, 0.1) is 17.3 Å². The van der Waals surface area contributed by atoms with Crippen LogP contribution in [-0.4, -0.2) is 38.8 Å². The number of ether oxygens (including phenoxy) is 1. The van der Waals surface area contributed by atoms with Crippen LogP contribution in [0.3, 0.4) is 0 Å². The van der Waals surface area contributed by atoms with E-state index in [1.54, 1.807) is 0 Å². The maximum Gasteiger partial charge on any atom is 0.332 e. The summed E-state index contributed by atoms with van der Waals surface area (Å²) in [6.45, 7) is 0.866. The molecule has 1 saturated heterocycles. The van der Waals surface area contributed by atoms with E-state index < -0.39 is 16.8 Å². The summed E-state index contributed by atoms with van der Waals surface area (Å²) in [5, 5.41) is 2.95. The lowest BCUT2D eigenvalue weighted by Crippen LogP contribution is -2.54. The highest BCUT2D eigenvalue weighted by Crippen LogP contribution is 2.20. The predicted molar refractivity (Wildman–Crippen MR) is 102 cm³/mol. The van der Waals surface area contributed by atoms with E-state index in [1.807, 2.05) is 0 Å². The molecular weight excluding hydrogens is 385 g/mol. The number of nitrogens with zero attached hydrogens (tertiary/aromatic N) is 3. The van der Waals surface area contributed by atoms with Crippen LogP contribution in [0.25, 0.3) is 11.0 Å². The van der Waals surface area contributed by atoms with Gasteiger partial charge in [-0.2, -0.15) is 0 Å². The number of hydrogen-bond donors (Lipinski definition) is 2. The Morgan fingerprint density at radius 2 is 1.85 bits per heavy atom. The molecule has 0 saturated carbocycles. The number of carbonyl (C=O) groups is 1. The van der Waals surface area contributed by atoms with Gasteiger partial charge >= 0.3 is 5.69 Å². The maximum atomic E-state index is 12.4. The van der Waals surface area contributed by atoms with Crippen molar-refractivity contribution in [3.63, 3.8) is 0 Å². The third-order valence-electron chi connectivity index (χ3n) is 4.39. The van der Waals surface area contributed by atoms with E-state index in [0.29, 0.717) is 31.7 Å². The molecule has 3 heterocycles. The Morgan fingerprint density at radius 3 is 2.46 bits per heavy atom. The highest BCUT2D eigenvalue weighted by molar-refractivity contribution is 5.99. The Morgan fingerprint density at radius 1 is 1.23 bits per heavy atom. The van der Waals surface area contributed by atoms with Crippen molar-refractivity contribution < 1.29 is 9.53 Å². The summed E-state index contributed by atoms with van der Waals surface area (Å²) < 4.78 is 7.51. The van der Waals surface area contributed by atoms with Gasteiger partial charge in [-0.3, -0.25) is 18.7 Å². The summed E-state index contributed by atoms with van der Waals surface area (Å²) in [6.07, 6.45) is 2.26. The molecule has 0 aromatic carbocycles. The van der Waals surface area contributed by atoms with Gasteiger partial charge < -0.3 is 15.8 Å². The van der Waals surface area contributed by atoms with E-state index in [2.05, 4.69) is 10.3 Å². The summed E-state index contributed by atoms with van der Waals surface area (Å²) in [5.74, 6) is -0.339. The smallest absolute Gasteiger partial charge is 0.332 e. The van der Waals surface area contributed by atoms with E-state index in [0.717, 1.165) is 4.57 Å². The largest absolute Gasteiger partial charge is 0.381 e. The van der Waals surface area contributed by atoms with Crippen molar-refractivity contribution in [2.45, 2.75) is 18.4 Å². The molecule has 144 valence electrons. The van der Waals surface area contributed by atoms with Crippen molar-refractivity contribution in [1.29, 1.82) is 0 Å². The van der Waals surface area contributed by atoms with Gasteiger partial charge in [-0.15, -0.1) is 24.8 Å². The lowest BCUT2D eigenvalue weighted by atomic mass is 9.90. The van der Waals surface area contributed by atoms with Crippen molar-refractivity contribution >= 4 is 47.4 Å². The fourth-order valence-electron chi connectivity index (χ4n) is 2.75. The van der Waals surface area contributed by atoms with Gasteiger partial charge in [0.25, 0.3) is 5.56 Å². The molecule has 11 heteroatoms. The quantitative estimate of drug-likeness (QED) is 0.720. The fraction of sp³-hybridized carbons (Fsp3) is 0.467. The Kier molecular flexibility index (Phi) is 6.95. The SMILES string of the molecule is Cl.Cl.Cn1c(=O)c2cc(NC(=O)C3(N)CCOCC3)cnc2n(C)c1=O. The van der Waals surface area contributed by atoms with Crippen LogP contribution in [0.15, 0.2) is 21.9 Å². The topological polar surface area (TPSA) is 121 Å². The molecule has 26 heavy (non-hydrogen) atoms. The molecule has 0 atom stereocenters. The van der Waals surface area contributed by atoms with Crippen molar-refractivity contribution in [2.24, 2.45) is 19.8 Å². The number of nitrogens with one attached hydrogen (secondary N) is 1. The molecule has 3 rings (SSSR count). The van der Waals surface area contributed by atoms with Crippen LogP contribution in [0.5, 0.6) is 0 Å². The monoisotopic (exact) mass is 405 g/mol. The molecule has 1 amide bonds. The minimum atomic E-state index is -0.998. The van der Waals surface area contributed by atoms with Crippen LogP contribution in [0.4, 0.5) is 5.69 Å². The molecule has 0 aliphatic carbocycles. The van der Waals surface area contributed by atoms with Gasteiger partial charge in [0, 0.05) is 27.3 Å². The Labute approximate surface area is 161 Å². The molecule has 0 radical (unpaired) electrons. The van der Waals surface area contributed by atoms with Gasteiger partial charge in [-0.05, 0) is 18.9 Å². The van der Waals surface area contributed by atoms with Gasteiger partial charge in [0.15, 0.2) is 0 Å². The van der Waals surface area contributed by atoms with Crippen LogP contribution >= 0.6 is 24.8 Å². The number of anilines is 1. The van der Waals surface area contributed by atoms with Crippen molar-refractivity contribution in [3.8, 4) is 0 Å². The summed E-state index contributed by atoms with van der Waals surface area (Å²) in [7, 11) is 2.93. The first-order chi connectivity index (χ1) is 11.3. The number of pyridine rings is 1. The molecule has 1 fully saturated rings. The van der Waals surface area contributed by atoms with Crippen LogP contribution in [0, 0.1) is 0 Å². The highest BCUT2D eigenvalue weighted by atomic mass is 35.5. The van der Waals surface area contributed by atoms with E-state index in [-0.39, 0.29) is 41.8 Å². The minimum absolute atomic E-state index is 0. The molecule has 0 spiro atoms. The van der Waals surface area contributed by atoms with Crippen LogP contribution in [0.1, 0.15) is 12.8 Å². The molecule has 1 aliphatic heterocycles. The summed E-state index contributed by atoms with van der Waals surface area (Å²) in [5.41, 5.74) is 4.83. The molecule has 3 N–H and O–H groups in total. The number of nitrogens with two attached hydrogens (primary N) is 1. The molecule has 0 unspecified atom stereocenters.